The lowest BCUT2D eigenvalue weighted by Gasteiger charge is -2.09. The Kier molecular flexibility index (Phi) is 6.58. The molecule has 0 unspecified atom stereocenters. The maximum atomic E-state index is 13.5. The van der Waals surface area contributed by atoms with E-state index in [0.717, 1.165) is 17.7 Å². The second-order valence-corrected chi connectivity index (χ2v) is 6.76. The molecule has 2 heterocycles. The zero-order valence-electron chi connectivity index (χ0n) is 17.5. The molecule has 0 aliphatic carbocycles. The minimum Gasteiger partial charge on any atom is -0.497 e. The Balaban J connectivity index is 1.31. The van der Waals surface area contributed by atoms with E-state index < -0.39 is 24.1 Å². The number of amides is 1. The number of nitrogens with zero attached hydrogens (tertiary/aromatic N) is 4. The number of ether oxygens (including phenoxy) is 3. The van der Waals surface area contributed by atoms with Gasteiger partial charge in [-0.25, -0.2) is 8.78 Å². The van der Waals surface area contributed by atoms with Gasteiger partial charge in [-0.1, -0.05) is 12.1 Å². The minimum absolute atomic E-state index is 0.131. The maximum Gasteiger partial charge on any atom is 0.258 e. The van der Waals surface area contributed by atoms with E-state index >= 15 is 0 Å². The van der Waals surface area contributed by atoms with Gasteiger partial charge in [0, 0.05) is 17.7 Å². The standard InChI is InChI=1S/C22H19F2N5O4/c1-31-16-4-2-3-14(11-16)22-27-26-19-7-8-21(28-29(19)22)32-10-9-25-20(30)13-33-18-6-5-15(23)12-17(18)24/h2-8,11-12H,9-10,13H2,1H3,(H,25,30). The van der Waals surface area contributed by atoms with Crippen molar-refractivity contribution in [2.45, 2.75) is 0 Å². The number of rotatable bonds is 9. The van der Waals surface area contributed by atoms with Crippen LogP contribution >= 0.6 is 0 Å². The summed E-state index contributed by atoms with van der Waals surface area (Å²) in [5.74, 6) is -0.784. The Bertz CT molecular complexity index is 1280. The van der Waals surface area contributed by atoms with Crippen molar-refractivity contribution >= 4 is 11.6 Å². The van der Waals surface area contributed by atoms with E-state index in [4.69, 9.17) is 14.2 Å². The lowest BCUT2D eigenvalue weighted by molar-refractivity contribution is -0.123. The summed E-state index contributed by atoms with van der Waals surface area (Å²) >= 11 is 0. The molecule has 0 saturated heterocycles. The summed E-state index contributed by atoms with van der Waals surface area (Å²) in [5.41, 5.74) is 1.31. The number of benzene rings is 2. The Morgan fingerprint density at radius 3 is 2.76 bits per heavy atom. The van der Waals surface area contributed by atoms with Gasteiger partial charge in [0.2, 0.25) is 5.88 Å². The Labute approximate surface area is 186 Å². The van der Waals surface area contributed by atoms with Crippen LogP contribution in [0.25, 0.3) is 17.0 Å². The second kappa shape index (κ2) is 9.90. The van der Waals surface area contributed by atoms with Gasteiger partial charge in [-0.05, 0) is 30.3 Å². The molecule has 4 aromatic rings. The van der Waals surface area contributed by atoms with Gasteiger partial charge in [-0.3, -0.25) is 4.79 Å². The van der Waals surface area contributed by atoms with Crippen molar-refractivity contribution in [3.05, 3.63) is 66.2 Å². The highest BCUT2D eigenvalue weighted by Crippen LogP contribution is 2.23. The van der Waals surface area contributed by atoms with Gasteiger partial charge in [-0.2, -0.15) is 4.52 Å². The highest BCUT2D eigenvalue weighted by molar-refractivity contribution is 5.77. The quantitative estimate of drug-likeness (QED) is 0.387. The van der Waals surface area contributed by atoms with Crippen molar-refractivity contribution in [1.29, 1.82) is 0 Å². The predicted molar refractivity (Wildman–Crippen MR) is 113 cm³/mol. The van der Waals surface area contributed by atoms with Gasteiger partial charge in [0.15, 0.2) is 29.6 Å². The summed E-state index contributed by atoms with van der Waals surface area (Å²) in [6.07, 6.45) is 0. The third-order valence-corrected chi connectivity index (χ3v) is 4.49. The van der Waals surface area contributed by atoms with Gasteiger partial charge in [-0.15, -0.1) is 15.3 Å². The van der Waals surface area contributed by atoms with Crippen LogP contribution in [0.2, 0.25) is 0 Å². The maximum absolute atomic E-state index is 13.5. The first-order valence-corrected chi connectivity index (χ1v) is 9.88. The lowest BCUT2D eigenvalue weighted by Crippen LogP contribution is -2.32. The summed E-state index contributed by atoms with van der Waals surface area (Å²) in [5, 5.41) is 15.3. The third kappa shape index (κ3) is 5.32. The second-order valence-electron chi connectivity index (χ2n) is 6.76. The Hall–Kier alpha value is -4.28. The molecule has 0 aliphatic rings. The van der Waals surface area contributed by atoms with E-state index in [-0.39, 0.29) is 18.9 Å². The summed E-state index contributed by atoms with van der Waals surface area (Å²) in [4.78, 5) is 11.9. The highest BCUT2D eigenvalue weighted by atomic mass is 19.1. The fourth-order valence-electron chi connectivity index (χ4n) is 2.92. The van der Waals surface area contributed by atoms with E-state index in [9.17, 15) is 13.6 Å². The van der Waals surface area contributed by atoms with E-state index in [0.29, 0.717) is 29.2 Å². The minimum atomic E-state index is -0.880. The number of methoxy groups -OCH3 is 1. The smallest absolute Gasteiger partial charge is 0.258 e. The predicted octanol–water partition coefficient (Wildman–Crippen LogP) is 2.65. The number of carbonyl (C=O) groups excluding carboxylic acids is 1. The van der Waals surface area contributed by atoms with Crippen LogP contribution < -0.4 is 19.5 Å². The first-order chi connectivity index (χ1) is 16.0. The van der Waals surface area contributed by atoms with Crippen LogP contribution in [0.4, 0.5) is 8.78 Å². The summed E-state index contributed by atoms with van der Waals surface area (Å²) in [7, 11) is 1.58. The Morgan fingerprint density at radius 2 is 1.94 bits per heavy atom. The molecule has 1 N–H and O–H groups in total. The molecule has 2 aromatic carbocycles. The molecule has 0 bridgehead atoms. The monoisotopic (exact) mass is 455 g/mol. The van der Waals surface area contributed by atoms with Gasteiger partial charge in [0.25, 0.3) is 5.91 Å². The van der Waals surface area contributed by atoms with E-state index in [1.54, 1.807) is 23.8 Å². The molecule has 2 aromatic heterocycles. The van der Waals surface area contributed by atoms with Crippen molar-refractivity contribution in [3.8, 4) is 28.8 Å². The molecule has 1 amide bonds. The molecule has 11 heteroatoms. The molecule has 4 rings (SSSR count). The van der Waals surface area contributed by atoms with Crippen molar-refractivity contribution in [1.82, 2.24) is 25.1 Å². The first-order valence-electron chi connectivity index (χ1n) is 9.88. The number of carbonyl (C=O) groups is 1. The van der Waals surface area contributed by atoms with Crippen molar-refractivity contribution in [3.63, 3.8) is 0 Å². The topological polar surface area (TPSA) is 99.9 Å². The number of nitrogens with one attached hydrogen (secondary N) is 1. The number of hydrogen-bond acceptors (Lipinski definition) is 7. The Morgan fingerprint density at radius 1 is 1.06 bits per heavy atom. The van der Waals surface area contributed by atoms with Gasteiger partial charge in [0.05, 0.1) is 13.7 Å². The van der Waals surface area contributed by atoms with Crippen molar-refractivity contribution in [2.75, 3.05) is 26.9 Å². The lowest BCUT2D eigenvalue weighted by atomic mass is 10.2. The molecule has 0 fully saturated rings. The summed E-state index contributed by atoms with van der Waals surface area (Å²) in [6, 6.07) is 13.5. The van der Waals surface area contributed by atoms with E-state index in [2.05, 4.69) is 20.6 Å². The van der Waals surface area contributed by atoms with Crippen LogP contribution in [0.1, 0.15) is 0 Å². The summed E-state index contributed by atoms with van der Waals surface area (Å²) in [6.45, 7) is -0.123. The summed E-state index contributed by atoms with van der Waals surface area (Å²) < 4.78 is 43.8. The average molecular weight is 455 g/mol. The molecule has 0 aliphatic heterocycles. The van der Waals surface area contributed by atoms with Crippen LogP contribution in [0, 0.1) is 11.6 Å². The zero-order chi connectivity index (χ0) is 23.2. The van der Waals surface area contributed by atoms with Crippen molar-refractivity contribution in [2.24, 2.45) is 0 Å². The molecule has 0 saturated carbocycles. The molecule has 0 spiro atoms. The fourth-order valence-corrected chi connectivity index (χ4v) is 2.92. The van der Waals surface area contributed by atoms with Gasteiger partial charge in [0.1, 0.15) is 18.2 Å². The SMILES string of the molecule is COc1cccc(-c2nnc3ccc(OCCNC(=O)COc4ccc(F)cc4F)nn23)c1. The molecular weight excluding hydrogens is 436 g/mol. The van der Waals surface area contributed by atoms with Crippen molar-refractivity contribution < 1.29 is 27.8 Å². The normalized spacial score (nSPS) is 10.8. The fraction of sp³-hybridized carbons (Fsp3) is 0.182. The van der Waals surface area contributed by atoms with Gasteiger partial charge < -0.3 is 19.5 Å². The molecule has 170 valence electrons. The van der Waals surface area contributed by atoms with Crippen LogP contribution in [0.3, 0.4) is 0 Å². The molecule has 33 heavy (non-hydrogen) atoms. The first kappa shape index (κ1) is 21.9. The largest absolute Gasteiger partial charge is 0.497 e. The zero-order valence-corrected chi connectivity index (χ0v) is 17.5. The van der Waals surface area contributed by atoms with Gasteiger partial charge >= 0.3 is 0 Å². The number of fused-ring (bicyclic) bond motifs is 1. The highest BCUT2D eigenvalue weighted by Gasteiger charge is 2.12. The number of aromatic nitrogens is 4. The third-order valence-electron chi connectivity index (χ3n) is 4.49. The van der Waals surface area contributed by atoms with E-state index in [1.165, 1.54) is 0 Å². The van der Waals surface area contributed by atoms with Crippen LogP contribution in [-0.4, -0.2) is 52.6 Å². The van der Waals surface area contributed by atoms with Crippen LogP contribution in [0.5, 0.6) is 17.4 Å². The molecular formula is C22H19F2N5O4. The van der Waals surface area contributed by atoms with Crippen LogP contribution in [0.15, 0.2) is 54.6 Å². The van der Waals surface area contributed by atoms with Crippen LogP contribution in [-0.2, 0) is 4.79 Å². The average Bonchev–Trinajstić information content (AvgIpc) is 3.24. The number of halogens is 2. The number of hydrogen-bond donors (Lipinski definition) is 1. The molecule has 0 radical (unpaired) electrons. The van der Waals surface area contributed by atoms with E-state index in [1.807, 2.05) is 24.3 Å². The molecule has 9 nitrogen and oxygen atoms in total. The molecule has 0 atom stereocenters.